The Labute approximate surface area is 65.1 Å². The van der Waals surface area contributed by atoms with Crippen LogP contribution in [0.4, 0.5) is 5.69 Å². The number of hydrogen-bond donors (Lipinski definition) is 1. The van der Waals surface area contributed by atoms with Gasteiger partial charge in [-0.25, -0.2) is 0 Å². The van der Waals surface area contributed by atoms with E-state index in [2.05, 4.69) is 0 Å². The lowest BCUT2D eigenvalue weighted by atomic mass is 10.3. The van der Waals surface area contributed by atoms with Crippen LogP contribution in [0.5, 0.6) is 5.75 Å². The molecule has 0 saturated carbocycles. The lowest BCUT2D eigenvalue weighted by molar-refractivity contribution is 0.613. The Morgan fingerprint density at radius 1 is 1.40 bits per heavy atom. The lowest BCUT2D eigenvalue weighted by Crippen LogP contribution is -1.96. The second-order valence-electron chi connectivity index (χ2n) is 1.74. The lowest BCUT2D eigenvalue weighted by Gasteiger charge is -2.02. The highest BCUT2D eigenvalue weighted by Crippen LogP contribution is 2.18. The molecule has 1 aromatic rings. The maximum absolute atomic E-state index is 5.50. The predicted molar refractivity (Wildman–Crippen MR) is 43.1 cm³/mol. The fourth-order valence-electron chi connectivity index (χ4n) is 0.636. The standard InChI is InChI=1S/C6H6BClNO/c8-7-10-6-4-2-1-3-5(6)9/h1-4H,9H2. The van der Waals surface area contributed by atoms with Crippen LogP contribution in [0.2, 0.25) is 0 Å². The van der Waals surface area contributed by atoms with E-state index in [0.717, 1.165) is 6.90 Å². The first-order valence-corrected chi connectivity index (χ1v) is 3.21. The number of rotatable bonds is 2. The van der Waals surface area contributed by atoms with Gasteiger partial charge >= 0.3 is 6.90 Å². The summed E-state index contributed by atoms with van der Waals surface area (Å²) in [5.74, 6) is 0.581. The fraction of sp³-hybridized carbons (Fsp3) is 0. The molecular weight excluding hydrogens is 148 g/mol. The van der Waals surface area contributed by atoms with Crippen molar-refractivity contribution in [2.24, 2.45) is 0 Å². The number of para-hydroxylation sites is 2. The number of benzene rings is 1. The summed E-state index contributed by atoms with van der Waals surface area (Å²) in [5.41, 5.74) is 6.09. The van der Waals surface area contributed by atoms with E-state index in [4.69, 9.17) is 21.8 Å². The molecule has 51 valence electrons. The first-order chi connectivity index (χ1) is 4.84. The smallest absolute Gasteiger partial charge is 0.495 e. The molecule has 0 aromatic heterocycles. The van der Waals surface area contributed by atoms with Crippen LogP contribution >= 0.6 is 11.5 Å². The summed E-state index contributed by atoms with van der Waals surface area (Å²) in [4.78, 5) is 0. The number of hydrogen-bond acceptors (Lipinski definition) is 2. The molecule has 0 bridgehead atoms. The number of halogens is 1. The average Bonchev–Trinajstić information content (AvgIpc) is 1.94. The molecule has 0 amide bonds. The third-order valence-electron chi connectivity index (χ3n) is 1.09. The van der Waals surface area contributed by atoms with Gasteiger partial charge in [0.05, 0.1) is 5.69 Å². The molecule has 0 spiro atoms. The third kappa shape index (κ3) is 1.58. The topological polar surface area (TPSA) is 35.2 Å². The zero-order chi connectivity index (χ0) is 7.40. The summed E-state index contributed by atoms with van der Waals surface area (Å²) >= 11 is 5.21. The van der Waals surface area contributed by atoms with Gasteiger partial charge in [-0.05, 0) is 12.1 Å². The van der Waals surface area contributed by atoms with Gasteiger partial charge in [-0.3, -0.25) is 0 Å². The molecule has 0 fully saturated rings. The third-order valence-corrected chi connectivity index (χ3v) is 1.18. The minimum absolute atomic E-state index is 0.581. The molecule has 1 rings (SSSR count). The van der Waals surface area contributed by atoms with E-state index in [1.54, 1.807) is 12.1 Å². The summed E-state index contributed by atoms with van der Waals surface area (Å²) < 4.78 is 4.85. The van der Waals surface area contributed by atoms with Gasteiger partial charge in [0.1, 0.15) is 5.75 Å². The first kappa shape index (κ1) is 7.28. The largest absolute Gasteiger partial charge is 0.547 e. The Morgan fingerprint density at radius 3 is 2.70 bits per heavy atom. The van der Waals surface area contributed by atoms with E-state index in [1.807, 2.05) is 12.1 Å². The Hall–Kier alpha value is -0.825. The molecule has 0 aliphatic carbocycles. The first-order valence-electron chi connectivity index (χ1n) is 2.77. The normalized spacial score (nSPS) is 8.90. The summed E-state index contributed by atoms with van der Waals surface area (Å²) in [5, 5.41) is 0. The molecule has 4 heteroatoms. The van der Waals surface area contributed by atoms with Gasteiger partial charge in [-0.1, -0.05) is 12.1 Å². The Kier molecular flexibility index (Phi) is 2.45. The van der Waals surface area contributed by atoms with Crippen molar-refractivity contribution in [2.75, 3.05) is 5.73 Å². The van der Waals surface area contributed by atoms with Gasteiger partial charge in [0.2, 0.25) is 0 Å². The summed E-state index contributed by atoms with van der Waals surface area (Å²) in [6, 6.07) is 7.15. The summed E-state index contributed by atoms with van der Waals surface area (Å²) in [7, 11) is 0. The van der Waals surface area contributed by atoms with Gasteiger partial charge in [0, 0.05) is 0 Å². The van der Waals surface area contributed by atoms with Crippen LogP contribution < -0.4 is 10.4 Å². The van der Waals surface area contributed by atoms with Crippen molar-refractivity contribution >= 4 is 24.0 Å². The van der Waals surface area contributed by atoms with Crippen molar-refractivity contribution in [1.82, 2.24) is 0 Å². The molecule has 10 heavy (non-hydrogen) atoms. The van der Waals surface area contributed by atoms with E-state index >= 15 is 0 Å². The van der Waals surface area contributed by atoms with Crippen molar-refractivity contribution in [3.63, 3.8) is 0 Å². The molecule has 2 nitrogen and oxygen atoms in total. The molecular formula is C6H6BClNO. The molecule has 0 saturated heterocycles. The maximum Gasteiger partial charge on any atom is 0.495 e. The molecule has 0 unspecified atom stereocenters. The van der Waals surface area contributed by atoms with E-state index in [-0.39, 0.29) is 0 Å². The maximum atomic E-state index is 5.50. The van der Waals surface area contributed by atoms with Crippen LogP contribution in [-0.2, 0) is 0 Å². The van der Waals surface area contributed by atoms with Crippen molar-refractivity contribution in [3.8, 4) is 5.75 Å². The van der Waals surface area contributed by atoms with Crippen LogP contribution in [0.25, 0.3) is 0 Å². The minimum Gasteiger partial charge on any atom is -0.547 e. The molecule has 0 aliphatic rings. The summed E-state index contributed by atoms with van der Waals surface area (Å²) in [6.07, 6.45) is 0. The highest BCUT2D eigenvalue weighted by Gasteiger charge is 1.96. The monoisotopic (exact) mass is 154 g/mol. The molecule has 2 N–H and O–H groups in total. The quantitative estimate of drug-likeness (QED) is 0.516. The van der Waals surface area contributed by atoms with Crippen LogP contribution in [0.3, 0.4) is 0 Å². The molecule has 1 radical (unpaired) electrons. The number of anilines is 1. The highest BCUT2D eigenvalue weighted by atomic mass is 35.5. The molecule has 1 aromatic carbocycles. The number of nitrogen functional groups attached to an aromatic ring is 1. The predicted octanol–water partition coefficient (Wildman–Crippen LogP) is 1.42. The fourth-order valence-corrected chi connectivity index (χ4v) is 0.732. The van der Waals surface area contributed by atoms with Crippen LogP contribution in [-0.4, -0.2) is 6.90 Å². The van der Waals surface area contributed by atoms with Crippen LogP contribution in [0.1, 0.15) is 0 Å². The Morgan fingerprint density at radius 2 is 2.10 bits per heavy atom. The zero-order valence-corrected chi connectivity index (χ0v) is 6.01. The van der Waals surface area contributed by atoms with E-state index < -0.39 is 0 Å². The SMILES string of the molecule is Nc1ccccc1O[B]Cl. The average molecular weight is 154 g/mol. The van der Waals surface area contributed by atoms with Crippen molar-refractivity contribution in [2.45, 2.75) is 0 Å². The van der Waals surface area contributed by atoms with Crippen LogP contribution in [0, 0.1) is 0 Å². The second kappa shape index (κ2) is 3.37. The Balaban J connectivity index is 2.81. The van der Waals surface area contributed by atoms with Crippen LogP contribution in [0.15, 0.2) is 24.3 Å². The van der Waals surface area contributed by atoms with Crippen molar-refractivity contribution in [1.29, 1.82) is 0 Å². The van der Waals surface area contributed by atoms with Gasteiger partial charge in [-0.15, -0.1) is 11.5 Å². The minimum atomic E-state index is 0.581. The molecule has 0 atom stereocenters. The second-order valence-corrected chi connectivity index (χ2v) is 1.92. The van der Waals surface area contributed by atoms with Gasteiger partial charge in [-0.2, -0.15) is 0 Å². The van der Waals surface area contributed by atoms with Crippen molar-refractivity contribution in [3.05, 3.63) is 24.3 Å². The molecule has 0 heterocycles. The van der Waals surface area contributed by atoms with E-state index in [9.17, 15) is 0 Å². The Bertz CT molecular complexity index is 219. The van der Waals surface area contributed by atoms with Gasteiger partial charge in [0.15, 0.2) is 0 Å². The van der Waals surface area contributed by atoms with Gasteiger partial charge < -0.3 is 10.4 Å². The van der Waals surface area contributed by atoms with Crippen molar-refractivity contribution < 1.29 is 4.65 Å². The van der Waals surface area contributed by atoms with E-state index in [1.165, 1.54) is 0 Å². The molecule has 0 aliphatic heterocycles. The van der Waals surface area contributed by atoms with Gasteiger partial charge in [0.25, 0.3) is 0 Å². The summed E-state index contributed by atoms with van der Waals surface area (Å²) in [6.45, 7) is 1.08. The van der Waals surface area contributed by atoms with E-state index in [0.29, 0.717) is 11.4 Å². The highest BCUT2D eigenvalue weighted by molar-refractivity contribution is 6.90. The zero-order valence-electron chi connectivity index (χ0n) is 5.25. The number of nitrogens with two attached hydrogens (primary N) is 1.